The zero-order valence-corrected chi connectivity index (χ0v) is 13.4. The number of hydrogen-bond acceptors (Lipinski definition) is 5. The van der Waals surface area contributed by atoms with Gasteiger partial charge in [-0.3, -0.25) is 0 Å². The first kappa shape index (κ1) is 17.1. The molecule has 3 atom stereocenters. The molecule has 5 heteroatoms. The summed E-state index contributed by atoms with van der Waals surface area (Å²) in [6, 6.07) is 7.96. The van der Waals surface area contributed by atoms with Gasteiger partial charge in [-0.2, -0.15) is 0 Å². The average Bonchev–Trinajstić information content (AvgIpc) is 3.36. The van der Waals surface area contributed by atoms with E-state index in [1.54, 1.807) is 0 Å². The molecule has 0 aliphatic carbocycles. The second kappa shape index (κ2) is 8.36. The number of hydrogen-bond donors (Lipinski definition) is 2. The van der Waals surface area contributed by atoms with E-state index < -0.39 is 0 Å². The topological polar surface area (TPSA) is 65.5 Å². The summed E-state index contributed by atoms with van der Waals surface area (Å²) in [5.41, 5.74) is 1.08. The summed E-state index contributed by atoms with van der Waals surface area (Å²) in [5, 5.41) is 18.6. The van der Waals surface area contributed by atoms with Crippen LogP contribution in [0.1, 0.15) is 13.8 Å². The molecule has 1 fully saturated rings. The Morgan fingerprint density at radius 1 is 1.14 bits per heavy atom. The molecule has 5 nitrogen and oxygen atoms in total. The van der Waals surface area contributed by atoms with Crippen LogP contribution in [0.15, 0.2) is 24.3 Å². The highest BCUT2D eigenvalue weighted by atomic mass is 16.6. The molecule has 2 N–H and O–H groups in total. The lowest BCUT2D eigenvalue weighted by atomic mass is 10.1. The maximum atomic E-state index is 9.29. The molecule has 0 saturated carbocycles. The van der Waals surface area contributed by atoms with Gasteiger partial charge >= 0.3 is 0 Å². The summed E-state index contributed by atoms with van der Waals surface area (Å²) in [5.74, 6) is 1.22. The lowest BCUT2D eigenvalue weighted by Gasteiger charge is -2.29. The standard InChI is InChI=1S/C17H27NO4/c1-13(9-19)7-18(8-14(2)10-20)15-3-5-16(6-4-15)21-11-17-12-22-17/h3-6,13-14,17,19-20H,7-12H2,1-2H3. The van der Waals surface area contributed by atoms with Gasteiger partial charge in [0, 0.05) is 32.0 Å². The predicted molar refractivity (Wildman–Crippen MR) is 86.4 cm³/mol. The molecule has 1 aliphatic rings. The van der Waals surface area contributed by atoms with Crippen LogP contribution in [0.3, 0.4) is 0 Å². The second-order valence-electron chi connectivity index (χ2n) is 6.24. The summed E-state index contributed by atoms with van der Waals surface area (Å²) in [4.78, 5) is 2.20. The van der Waals surface area contributed by atoms with Gasteiger partial charge in [-0.15, -0.1) is 0 Å². The number of nitrogens with zero attached hydrogens (tertiary/aromatic N) is 1. The summed E-state index contributed by atoms with van der Waals surface area (Å²) < 4.78 is 10.8. The van der Waals surface area contributed by atoms with E-state index in [-0.39, 0.29) is 31.2 Å². The zero-order valence-electron chi connectivity index (χ0n) is 13.4. The Balaban J connectivity index is 1.97. The highest BCUT2D eigenvalue weighted by Gasteiger charge is 2.23. The van der Waals surface area contributed by atoms with E-state index in [9.17, 15) is 10.2 Å². The SMILES string of the molecule is CC(CO)CN(CC(C)CO)c1ccc(OCC2CO2)cc1. The van der Waals surface area contributed by atoms with Crippen LogP contribution >= 0.6 is 0 Å². The molecular formula is C17H27NO4. The van der Waals surface area contributed by atoms with Gasteiger partial charge in [0.2, 0.25) is 0 Å². The third kappa shape index (κ3) is 5.48. The van der Waals surface area contributed by atoms with E-state index in [1.165, 1.54) is 0 Å². The maximum Gasteiger partial charge on any atom is 0.119 e. The molecule has 1 aromatic carbocycles. The van der Waals surface area contributed by atoms with Crippen molar-refractivity contribution in [1.82, 2.24) is 0 Å². The number of benzene rings is 1. The van der Waals surface area contributed by atoms with Gasteiger partial charge in [-0.05, 0) is 36.1 Å². The number of aliphatic hydroxyl groups excluding tert-OH is 2. The van der Waals surface area contributed by atoms with E-state index in [4.69, 9.17) is 9.47 Å². The molecule has 0 radical (unpaired) electrons. The van der Waals surface area contributed by atoms with Crippen molar-refractivity contribution in [2.75, 3.05) is 44.4 Å². The molecule has 0 aromatic heterocycles. The van der Waals surface area contributed by atoms with Gasteiger partial charge < -0.3 is 24.6 Å². The Kier molecular flexibility index (Phi) is 6.49. The molecule has 3 unspecified atom stereocenters. The lowest BCUT2D eigenvalue weighted by molar-refractivity contribution is 0.226. The molecule has 1 heterocycles. The van der Waals surface area contributed by atoms with E-state index >= 15 is 0 Å². The highest BCUT2D eigenvalue weighted by Crippen LogP contribution is 2.22. The minimum Gasteiger partial charge on any atom is -0.491 e. The predicted octanol–water partition coefficient (Wildman–Crippen LogP) is 1.53. The van der Waals surface area contributed by atoms with Gasteiger partial charge in [0.25, 0.3) is 0 Å². The number of anilines is 1. The van der Waals surface area contributed by atoms with Crippen molar-refractivity contribution in [3.8, 4) is 5.75 Å². The minimum absolute atomic E-state index is 0.159. The summed E-state index contributed by atoms with van der Waals surface area (Å²) in [7, 11) is 0. The monoisotopic (exact) mass is 309 g/mol. The van der Waals surface area contributed by atoms with Gasteiger partial charge in [0.15, 0.2) is 0 Å². The van der Waals surface area contributed by atoms with E-state index in [0.29, 0.717) is 6.61 Å². The molecule has 1 aromatic rings. The first-order valence-electron chi connectivity index (χ1n) is 7.93. The lowest BCUT2D eigenvalue weighted by Crippen LogP contribution is -2.34. The van der Waals surface area contributed by atoms with Gasteiger partial charge in [-0.1, -0.05) is 13.8 Å². The highest BCUT2D eigenvalue weighted by molar-refractivity contribution is 5.49. The van der Waals surface area contributed by atoms with Crippen LogP contribution in [0.25, 0.3) is 0 Å². The normalized spacial score (nSPS) is 19.5. The fourth-order valence-corrected chi connectivity index (χ4v) is 2.26. The van der Waals surface area contributed by atoms with Crippen LogP contribution in [-0.4, -0.2) is 55.8 Å². The molecule has 1 saturated heterocycles. The van der Waals surface area contributed by atoms with E-state index in [2.05, 4.69) is 4.90 Å². The zero-order chi connectivity index (χ0) is 15.9. The molecule has 22 heavy (non-hydrogen) atoms. The fourth-order valence-electron chi connectivity index (χ4n) is 2.26. The Morgan fingerprint density at radius 3 is 2.14 bits per heavy atom. The number of ether oxygens (including phenoxy) is 2. The molecule has 0 spiro atoms. The largest absolute Gasteiger partial charge is 0.491 e. The van der Waals surface area contributed by atoms with Crippen LogP contribution in [0, 0.1) is 11.8 Å². The molecular weight excluding hydrogens is 282 g/mol. The van der Waals surface area contributed by atoms with Crippen LogP contribution in [0.5, 0.6) is 5.75 Å². The van der Waals surface area contributed by atoms with Gasteiger partial charge in [-0.25, -0.2) is 0 Å². The Labute approximate surface area is 132 Å². The Bertz CT molecular complexity index is 421. The average molecular weight is 309 g/mol. The quantitative estimate of drug-likeness (QED) is 0.642. The summed E-state index contributed by atoms with van der Waals surface area (Å²) in [6.07, 6.45) is 0.256. The van der Waals surface area contributed by atoms with Crippen molar-refractivity contribution in [1.29, 1.82) is 0 Å². The third-order valence-electron chi connectivity index (χ3n) is 3.73. The van der Waals surface area contributed by atoms with Crippen molar-refractivity contribution >= 4 is 5.69 Å². The molecule has 1 aliphatic heterocycles. The van der Waals surface area contributed by atoms with E-state index in [0.717, 1.165) is 31.1 Å². The summed E-state index contributed by atoms with van der Waals surface area (Å²) >= 11 is 0. The first-order chi connectivity index (χ1) is 10.6. The van der Waals surface area contributed by atoms with Crippen molar-refractivity contribution in [2.24, 2.45) is 11.8 Å². The molecule has 124 valence electrons. The van der Waals surface area contributed by atoms with Crippen molar-refractivity contribution < 1.29 is 19.7 Å². The molecule has 0 amide bonds. The first-order valence-corrected chi connectivity index (χ1v) is 7.93. The Hall–Kier alpha value is -1.30. The number of aliphatic hydroxyl groups is 2. The van der Waals surface area contributed by atoms with Crippen LogP contribution in [0.2, 0.25) is 0 Å². The van der Waals surface area contributed by atoms with Crippen molar-refractivity contribution in [3.63, 3.8) is 0 Å². The van der Waals surface area contributed by atoms with Gasteiger partial charge in [0.05, 0.1) is 6.61 Å². The second-order valence-corrected chi connectivity index (χ2v) is 6.24. The summed E-state index contributed by atoms with van der Waals surface area (Å²) in [6.45, 7) is 7.27. The van der Waals surface area contributed by atoms with Crippen LogP contribution in [0.4, 0.5) is 5.69 Å². The smallest absolute Gasteiger partial charge is 0.119 e. The van der Waals surface area contributed by atoms with Crippen molar-refractivity contribution in [3.05, 3.63) is 24.3 Å². The van der Waals surface area contributed by atoms with Gasteiger partial charge in [0.1, 0.15) is 18.5 Å². The molecule has 0 bridgehead atoms. The fraction of sp³-hybridized carbons (Fsp3) is 0.647. The number of rotatable bonds is 10. The maximum absolute atomic E-state index is 9.29. The molecule has 2 rings (SSSR count). The third-order valence-corrected chi connectivity index (χ3v) is 3.73. The van der Waals surface area contributed by atoms with Crippen molar-refractivity contribution in [2.45, 2.75) is 20.0 Å². The Morgan fingerprint density at radius 2 is 1.68 bits per heavy atom. The minimum atomic E-state index is 0.159. The number of epoxide rings is 1. The van der Waals surface area contributed by atoms with Crippen LogP contribution in [-0.2, 0) is 4.74 Å². The van der Waals surface area contributed by atoms with E-state index in [1.807, 2.05) is 38.1 Å². The van der Waals surface area contributed by atoms with Crippen LogP contribution < -0.4 is 9.64 Å².